The second kappa shape index (κ2) is 11.5. The molecule has 12 heteroatoms. The van der Waals surface area contributed by atoms with Crippen LogP contribution < -0.4 is 13.9 Å². The fourth-order valence-corrected chi connectivity index (χ4v) is 5.65. The van der Waals surface area contributed by atoms with Crippen molar-refractivity contribution in [1.82, 2.24) is 4.90 Å². The van der Waals surface area contributed by atoms with E-state index in [0.717, 1.165) is 40.7 Å². The van der Waals surface area contributed by atoms with Crippen LogP contribution in [0, 0.1) is 5.82 Å². The fraction of sp³-hybridized carbons (Fsp3) is 0.296. The van der Waals surface area contributed by atoms with E-state index in [-0.39, 0.29) is 36.8 Å². The Hall–Kier alpha value is -3.80. The van der Waals surface area contributed by atoms with E-state index in [4.69, 9.17) is 4.74 Å². The van der Waals surface area contributed by atoms with Crippen molar-refractivity contribution >= 4 is 27.3 Å². The molecule has 3 aromatic rings. The lowest BCUT2D eigenvalue weighted by Crippen LogP contribution is -2.52. The summed E-state index contributed by atoms with van der Waals surface area (Å²) in [6.45, 7) is 2.66. The van der Waals surface area contributed by atoms with Crippen LogP contribution in [0.3, 0.4) is 0 Å². The van der Waals surface area contributed by atoms with Crippen molar-refractivity contribution in [3.63, 3.8) is 0 Å². The van der Waals surface area contributed by atoms with Crippen LogP contribution >= 0.6 is 0 Å². The van der Waals surface area contributed by atoms with Crippen molar-refractivity contribution in [3.05, 3.63) is 84.2 Å². The Balaban J connectivity index is 1.52. The molecule has 39 heavy (non-hydrogen) atoms. The Labute approximate surface area is 224 Å². The zero-order valence-corrected chi connectivity index (χ0v) is 21.9. The molecule has 0 N–H and O–H groups in total. The van der Waals surface area contributed by atoms with Crippen LogP contribution in [0.1, 0.15) is 12.5 Å². The Morgan fingerprint density at radius 3 is 2.18 bits per heavy atom. The summed E-state index contributed by atoms with van der Waals surface area (Å²) in [6, 6.07) is 15.5. The smallest absolute Gasteiger partial charge is 0.416 e. The predicted molar refractivity (Wildman–Crippen MR) is 139 cm³/mol. The number of sulfonamides is 1. The summed E-state index contributed by atoms with van der Waals surface area (Å²) >= 11 is 0. The van der Waals surface area contributed by atoms with Gasteiger partial charge in [-0.15, -0.1) is 0 Å². The third-order valence-corrected chi connectivity index (χ3v) is 8.08. The lowest BCUT2D eigenvalue weighted by atomic mass is 10.1. The normalized spacial score (nSPS) is 14.3. The standard InChI is InChI=1S/C27H27F4N3O4S/c1-2-38-24-10-8-22(9-11-24)34(39(36,37)25-12-6-21(28)7-13-25)19-26(35)33-16-14-32(15-17-33)23-5-3-4-20(18-23)27(29,30)31/h3-13,18H,2,14-17,19H2,1H3. The van der Waals surface area contributed by atoms with Gasteiger partial charge in [0.05, 0.1) is 22.8 Å². The quantitative estimate of drug-likeness (QED) is 0.368. The van der Waals surface area contributed by atoms with Gasteiger partial charge < -0.3 is 14.5 Å². The molecule has 3 aromatic carbocycles. The number of ether oxygens (including phenoxy) is 1. The number of amides is 1. The van der Waals surface area contributed by atoms with Crippen LogP contribution in [-0.2, 0) is 21.0 Å². The number of alkyl halides is 3. The van der Waals surface area contributed by atoms with Crippen LogP contribution in [-0.4, -0.2) is 58.6 Å². The maximum absolute atomic E-state index is 13.5. The van der Waals surface area contributed by atoms with Crippen molar-refractivity contribution in [2.24, 2.45) is 0 Å². The Morgan fingerprint density at radius 2 is 1.59 bits per heavy atom. The van der Waals surface area contributed by atoms with Crippen molar-refractivity contribution in [2.75, 3.05) is 48.5 Å². The third kappa shape index (κ3) is 6.62. The molecule has 208 valence electrons. The summed E-state index contributed by atoms with van der Waals surface area (Å²) in [7, 11) is -4.24. The van der Waals surface area contributed by atoms with E-state index in [1.165, 1.54) is 23.1 Å². The molecule has 0 aliphatic carbocycles. The fourth-order valence-electron chi connectivity index (χ4n) is 4.24. The molecule has 7 nitrogen and oxygen atoms in total. The van der Waals surface area contributed by atoms with Crippen LogP contribution in [0.5, 0.6) is 5.75 Å². The first-order valence-corrected chi connectivity index (χ1v) is 13.6. The molecule has 0 radical (unpaired) electrons. The Morgan fingerprint density at radius 1 is 0.949 bits per heavy atom. The van der Waals surface area contributed by atoms with Gasteiger partial charge in [0.15, 0.2) is 0 Å². The number of halogens is 4. The highest BCUT2D eigenvalue weighted by molar-refractivity contribution is 7.92. The van der Waals surface area contributed by atoms with E-state index in [1.54, 1.807) is 23.1 Å². The van der Waals surface area contributed by atoms with Crippen molar-refractivity contribution in [2.45, 2.75) is 18.0 Å². The molecule has 1 aliphatic rings. The summed E-state index contributed by atoms with van der Waals surface area (Å²) in [4.78, 5) is 16.3. The lowest BCUT2D eigenvalue weighted by molar-refractivity contribution is -0.137. The van der Waals surface area contributed by atoms with E-state index < -0.39 is 40.0 Å². The molecule has 1 fully saturated rings. The maximum Gasteiger partial charge on any atom is 0.416 e. The van der Waals surface area contributed by atoms with E-state index in [1.807, 2.05) is 6.92 Å². The van der Waals surface area contributed by atoms with Crippen LogP contribution in [0.25, 0.3) is 0 Å². The first-order valence-electron chi connectivity index (χ1n) is 12.2. The summed E-state index contributed by atoms with van der Waals surface area (Å²) < 4.78 is 86.2. The van der Waals surface area contributed by atoms with Gasteiger partial charge in [-0.1, -0.05) is 6.07 Å². The van der Waals surface area contributed by atoms with Crippen molar-refractivity contribution < 1.29 is 35.5 Å². The zero-order chi connectivity index (χ0) is 28.2. The van der Waals surface area contributed by atoms with Crippen LogP contribution in [0.4, 0.5) is 28.9 Å². The summed E-state index contributed by atoms with van der Waals surface area (Å²) in [5, 5.41) is 0. The first kappa shape index (κ1) is 28.2. The summed E-state index contributed by atoms with van der Waals surface area (Å²) in [6.07, 6.45) is -4.46. The van der Waals surface area contributed by atoms with Crippen molar-refractivity contribution in [1.29, 1.82) is 0 Å². The van der Waals surface area contributed by atoms with E-state index in [0.29, 0.717) is 18.0 Å². The number of carbonyl (C=O) groups excluding carboxylic acids is 1. The molecule has 0 spiro atoms. The molecule has 0 aromatic heterocycles. The second-order valence-corrected chi connectivity index (χ2v) is 10.7. The minimum atomic E-state index is -4.46. The second-order valence-electron chi connectivity index (χ2n) is 8.81. The molecule has 1 heterocycles. The van der Waals surface area contributed by atoms with Crippen LogP contribution in [0.2, 0.25) is 0 Å². The van der Waals surface area contributed by atoms with Gasteiger partial charge in [0.1, 0.15) is 18.1 Å². The zero-order valence-electron chi connectivity index (χ0n) is 21.1. The molecular formula is C27H27F4N3O4S. The van der Waals surface area contributed by atoms with Crippen LogP contribution in [0.15, 0.2) is 77.7 Å². The molecule has 1 saturated heterocycles. The van der Waals surface area contributed by atoms with Gasteiger partial charge in [0.2, 0.25) is 5.91 Å². The molecule has 0 unspecified atom stereocenters. The van der Waals surface area contributed by atoms with Crippen molar-refractivity contribution in [3.8, 4) is 5.75 Å². The average molecular weight is 566 g/mol. The average Bonchev–Trinajstić information content (AvgIpc) is 2.92. The number of rotatable bonds is 8. The number of benzene rings is 3. The van der Waals surface area contributed by atoms with Gasteiger partial charge in [-0.3, -0.25) is 9.10 Å². The summed E-state index contributed by atoms with van der Waals surface area (Å²) in [5.74, 6) is -0.549. The SMILES string of the molecule is CCOc1ccc(N(CC(=O)N2CCN(c3cccc(C(F)(F)F)c3)CC2)S(=O)(=O)c2ccc(F)cc2)cc1. The van der Waals surface area contributed by atoms with Gasteiger partial charge in [0, 0.05) is 31.9 Å². The number of piperazine rings is 1. The highest BCUT2D eigenvalue weighted by Crippen LogP contribution is 2.32. The molecule has 1 amide bonds. The minimum absolute atomic E-state index is 0.181. The molecular weight excluding hydrogens is 538 g/mol. The number of carbonyl (C=O) groups is 1. The first-order chi connectivity index (χ1) is 18.5. The highest BCUT2D eigenvalue weighted by Gasteiger charge is 2.32. The molecule has 4 rings (SSSR count). The van der Waals surface area contributed by atoms with Gasteiger partial charge in [0.25, 0.3) is 10.0 Å². The highest BCUT2D eigenvalue weighted by atomic mass is 32.2. The minimum Gasteiger partial charge on any atom is -0.494 e. The largest absolute Gasteiger partial charge is 0.494 e. The summed E-state index contributed by atoms with van der Waals surface area (Å²) in [5.41, 5.74) is -0.138. The number of hydrogen-bond donors (Lipinski definition) is 0. The molecule has 0 atom stereocenters. The van der Waals surface area contributed by atoms with E-state index in [2.05, 4.69) is 0 Å². The van der Waals surface area contributed by atoms with E-state index in [9.17, 15) is 30.8 Å². The predicted octanol–water partition coefficient (Wildman–Crippen LogP) is 4.79. The van der Waals surface area contributed by atoms with Gasteiger partial charge >= 0.3 is 6.18 Å². The molecule has 0 saturated carbocycles. The number of anilines is 2. The molecule has 0 bridgehead atoms. The Kier molecular flexibility index (Phi) is 8.34. The van der Waals surface area contributed by atoms with Gasteiger partial charge in [-0.25, -0.2) is 12.8 Å². The lowest BCUT2D eigenvalue weighted by Gasteiger charge is -2.37. The Bertz CT molecular complexity index is 1390. The van der Waals surface area contributed by atoms with Gasteiger partial charge in [-0.2, -0.15) is 13.2 Å². The van der Waals surface area contributed by atoms with E-state index >= 15 is 0 Å². The topological polar surface area (TPSA) is 70.2 Å². The maximum atomic E-state index is 13.5. The van der Waals surface area contributed by atoms with Gasteiger partial charge in [-0.05, 0) is 73.7 Å². The monoisotopic (exact) mass is 565 g/mol. The number of hydrogen-bond acceptors (Lipinski definition) is 5. The number of nitrogens with zero attached hydrogens (tertiary/aromatic N) is 3. The molecule has 1 aliphatic heterocycles. The third-order valence-electron chi connectivity index (χ3n) is 6.29.